The molecule has 0 radical (unpaired) electrons. The average Bonchev–Trinajstić information content (AvgIpc) is 3.42. The van der Waals surface area contributed by atoms with Gasteiger partial charge >= 0.3 is 5.97 Å². The zero-order valence-electron chi connectivity index (χ0n) is 18.5. The highest BCUT2D eigenvalue weighted by Gasteiger charge is 2.32. The molecule has 0 atom stereocenters. The van der Waals surface area contributed by atoms with Gasteiger partial charge in [0.25, 0.3) is 5.91 Å². The van der Waals surface area contributed by atoms with E-state index in [2.05, 4.69) is 5.32 Å². The number of thiocarbonyl (C=S) groups is 1. The summed E-state index contributed by atoms with van der Waals surface area (Å²) in [5.41, 5.74) is 2.15. The minimum atomic E-state index is -1.02. The van der Waals surface area contributed by atoms with Crippen molar-refractivity contribution in [2.75, 3.05) is 6.54 Å². The Hall–Kier alpha value is -3.41. The number of carbonyl (C=O) groups is 3. The van der Waals surface area contributed by atoms with Gasteiger partial charge in [-0.05, 0) is 58.5 Å². The van der Waals surface area contributed by atoms with E-state index in [9.17, 15) is 23.2 Å². The van der Waals surface area contributed by atoms with Crippen LogP contribution >= 0.6 is 35.3 Å². The second-order valence-corrected chi connectivity index (χ2v) is 10.3. The van der Waals surface area contributed by atoms with Crippen molar-refractivity contribution in [2.45, 2.75) is 13.0 Å². The molecule has 6 nitrogen and oxygen atoms in total. The molecule has 1 fully saturated rings. The van der Waals surface area contributed by atoms with Gasteiger partial charge in [0, 0.05) is 24.4 Å². The van der Waals surface area contributed by atoms with Crippen LogP contribution < -0.4 is 5.32 Å². The summed E-state index contributed by atoms with van der Waals surface area (Å²) in [5, 5.41) is 13.5. The molecule has 2 aromatic carbocycles. The molecule has 1 aliphatic rings. The maximum atomic E-state index is 13.5. The third-order valence-electron chi connectivity index (χ3n) is 5.27. The monoisotopic (exact) mass is 544 g/mol. The number of amides is 2. The number of hydrogen-bond donors (Lipinski definition) is 2. The summed E-state index contributed by atoms with van der Waals surface area (Å²) >= 11 is 7.81. The highest BCUT2D eigenvalue weighted by atomic mass is 32.2. The summed E-state index contributed by atoms with van der Waals surface area (Å²) < 4.78 is 27.1. The molecule has 0 bridgehead atoms. The number of nitrogens with zero attached hydrogens (tertiary/aromatic N) is 1. The first-order valence-corrected chi connectivity index (χ1v) is 12.7. The fourth-order valence-corrected chi connectivity index (χ4v) is 5.57. The van der Waals surface area contributed by atoms with Crippen LogP contribution in [0.2, 0.25) is 0 Å². The van der Waals surface area contributed by atoms with Crippen molar-refractivity contribution in [1.82, 2.24) is 10.2 Å². The zero-order valence-corrected chi connectivity index (χ0v) is 20.9. The lowest BCUT2D eigenvalue weighted by atomic mass is 10.1. The van der Waals surface area contributed by atoms with Gasteiger partial charge in [-0.15, -0.1) is 11.3 Å². The number of thiophene rings is 1. The number of carboxylic acid groups (broad SMARTS) is 1. The van der Waals surface area contributed by atoms with Gasteiger partial charge < -0.3 is 10.4 Å². The van der Waals surface area contributed by atoms with Gasteiger partial charge in [0.15, 0.2) is 11.6 Å². The number of carbonyl (C=O) groups excluding carboxylic acids is 2. The van der Waals surface area contributed by atoms with Crippen molar-refractivity contribution in [3.8, 4) is 11.1 Å². The van der Waals surface area contributed by atoms with E-state index < -0.39 is 17.6 Å². The van der Waals surface area contributed by atoms with Crippen LogP contribution in [-0.4, -0.2) is 38.7 Å². The Morgan fingerprint density at radius 3 is 2.50 bits per heavy atom. The number of nitrogens with one attached hydrogen (secondary N) is 1. The zero-order chi connectivity index (χ0) is 25.8. The Morgan fingerprint density at radius 1 is 1.06 bits per heavy atom. The first kappa shape index (κ1) is 25.7. The van der Waals surface area contributed by atoms with Crippen molar-refractivity contribution in [3.05, 3.63) is 86.5 Å². The van der Waals surface area contributed by atoms with Gasteiger partial charge in [0.1, 0.15) is 4.32 Å². The molecule has 2 N–H and O–H groups in total. The predicted molar refractivity (Wildman–Crippen MR) is 139 cm³/mol. The number of benzene rings is 2. The molecule has 4 rings (SSSR count). The highest BCUT2D eigenvalue weighted by Crippen LogP contribution is 2.35. The number of carboxylic acids is 1. The summed E-state index contributed by atoms with van der Waals surface area (Å²) in [6, 6.07) is 11.6. The van der Waals surface area contributed by atoms with E-state index in [1.165, 1.54) is 34.4 Å². The predicted octanol–water partition coefficient (Wildman–Crippen LogP) is 5.30. The van der Waals surface area contributed by atoms with E-state index in [0.717, 1.165) is 34.3 Å². The van der Waals surface area contributed by atoms with E-state index in [4.69, 9.17) is 17.3 Å². The number of rotatable bonds is 8. The van der Waals surface area contributed by atoms with E-state index in [1.54, 1.807) is 29.7 Å². The van der Waals surface area contributed by atoms with E-state index in [-0.39, 0.29) is 36.9 Å². The molecular weight excluding hydrogens is 526 g/mol. The number of thioether (sulfide) groups is 1. The van der Waals surface area contributed by atoms with Crippen LogP contribution in [0.3, 0.4) is 0 Å². The van der Waals surface area contributed by atoms with E-state index >= 15 is 0 Å². The maximum absolute atomic E-state index is 13.5. The Balaban J connectivity index is 1.32. The fraction of sp³-hybridized carbons (Fsp3) is 0.120. The summed E-state index contributed by atoms with van der Waals surface area (Å²) in [6.07, 6.45) is 1.74. The molecule has 11 heteroatoms. The molecular formula is C25H18F2N2O4S3. The Labute approximate surface area is 218 Å². The first-order valence-electron chi connectivity index (χ1n) is 10.6. The van der Waals surface area contributed by atoms with Crippen molar-refractivity contribution < 1.29 is 28.3 Å². The average molecular weight is 545 g/mol. The van der Waals surface area contributed by atoms with Crippen LogP contribution in [0, 0.1) is 11.6 Å². The third-order valence-corrected chi connectivity index (χ3v) is 7.53. The molecule has 0 aliphatic carbocycles. The smallest absolute Gasteiger partial charge is 0.335 e. The molecule has 0 spiro atoms. The van der Waals surface area contributed by atoms with Gasteiger partial charge in [-0.2, -0.15) is 0 Å². The topological polar surface area (TPSA) is 86.7 Å². The van der Waals surface area contributed by atoms with Crippen LogP contribution in [0.25, 0.3) is 17.2 Å². The number of aromatic carboxylic acids is 1. The molecule has 36 heavy (non-hydrogen) atoms. The van der Waals surface area contributed by atoms with Crippen LogP contribution in [0.1, 0.15) is 27.2 Å². The molecule has 1 aliphatic heterocycles. The van der Waals surface area contributed by atoms with Crippen LogP contribution in [0.4, 0.5) is 8.78 Å². The Morgan fingerprint density at radius 2 is 1.81 bits per heavy atom. The number of hydrogen-bond acceptors (Lipinski definition) is 6. The van der Waals surface area contributed by atoms with Crippen LogP contribution in [0.15, 0.2) is 58.8 Å². The molecule has 0 unspecified atom stereocenters. The second kappa shape index (κ2) is 11.1. The van der Waals surface area contributed by atoms with Gasteiger partial charge in [0.2, 0.25) is 5.91 Å². The minimum Gasteiger partial charge on any atom is -0.478 e. The van der Waals surface area contributed by atoms with Crippen molar-refractivity contribution in [2.24, 2.45) is 0 Å². The van der Waals surface area contributed by atoms with Gasteiger partial charge in [-0.25, -0.2) is 13.6 Å². The van der Waals surface area contributed by atoms with Crippen LogP contribution in [-0.2, 0) is 16.1 Å². The largest absolute Gasteiger partial charge is 0.478 e. The van der Waals surface area contributed by atoms with Gasteiger partial charge in [-0.3, -0.25) is 14.5 Å². The summed E-state index contributed by atoms with van der Waals surface area (Å²) in [6.45, 7) is 0.353. The quantitative estimate of drug-likeness (QED) is 0.296. The first-order chi connectivity index (χ1) is 17.2. The summed E-state index contributed by atoms with van der Waals surface area (Å²) in [4.78, 5) is 38.5. The highest BCUT2D eigenvalue weighted by molar-refractivity contribution is 8.26. The van der Waals surface area contributed by atoms with Crippen molar-refractivity contribution >= 4 is 63.5 Å². The normalized spacial score (nSPS) is 14.5. The van der Waals surface area contributed by atoms with Crippen molar-refractivity contribution in [1.29, 1.82) is 0 Å². The number of halogens is 2. The Kier molecular flexibility index (Phi) is 7.92. The Bertz CT molecular complexity index is 1390. The third kappa shape index (κ3) is 6.04. The molecule has 2 heterocycles. The summed E-state index contributed by atoms with van der Waals surface area (Å²) in [7, 11) is 0. The molecule has 3 aromatic rings. The lowest BCUT2D eigenvalue weighted by Gasteiger charge is -2.14. The fourth-order valence-electron chi connectivity index (χ4n) is 3.35. The van der Waals surface area contributed by atoms with E-state index in [0.29, 0.717) is 20.4 Å². The molecule has 0 saturated carbocycles. The molecule has 1 saturated heterocycles. The molecule has 1 aromatic heterocycles. The molecule has 2 amide bonds. The minimum absolute atomic E-state index is 0.0478. The second-order valence-electron chi connectivity index (χ2n) is 7.73. The van der Waals surface area contributed by atoms with Gasteiger partial charge in [0.05, 0.1) is 10.5 Å². The van der Waals surface area contributed by atoms with E-state index in [1.807, 2.05) is 0 Å². The SMILES string of the molecule is O=C(CCN1C(=O)/C(=C/c2cc(-c3ccc(F)c(F)c3)cs2)SC1=S)NCc1ccc(C(=O)O)cc1. The lowest BCUT2D eigenvalue weighted by molar-refractivity contribution is -0.123. The summed E-state index contributed by atoms with van der Waals surface area (Å²) in [5.74, 6) is -3.44. The van der Waals surface area contributed by atoms with Gasteiger partial charge in [-0.1, -0.05) is 42.2 Å². The molecule has 184 valence electrons. The lowest BCUT2D eigenvalue weighted by Crippen LogP contribution is -2.33. The standard InChI is InChI=1S/C25H18F2N2O4S3/c26-19-6-5-16(10-20(19)27)17-9-18(35-13-17)11-21-23(31)29(25(34)36-21)8-7-22(30)28-12-14-1-3-15(4-2-14)24(32)33/h1-6,9-11,13H,7-8,12H2,(H,28,30)(H,32,33)/b21-11-. The van der Waals surface area contributed by atoms with Crippen molar-refractivity contribution in [3.63, 3.8) is 0 Å². The maximum Gasteiger partial charge on any atom is 0.335 e. The van der Waals surface area contributed by atoms with Crippen LogP contribution in [0.5, 0.6) is 0 Å².